The van der Waals surface area contributed by atoms with Crippen LogP contribution in [0.15, 0.2) is 29.8 Å². The number of rotatable bonds is 5. The number of aromatic nitrogens is 3. The molecule has 3 aromatic rings. The van der Waals surface area contributed by atoms with E-state index in [-0.39, 0.29) is 17.9 Å². The molecule has 1 aliphatic heterocycles. The van der Waals surface area contributed by atoms with E-state index in [1.54, 1.807) is 28.5 Å². The van der Waals surface area contributed by atoms with Gasteiger partial charge in [0.2, 0.25) is 11.8 Å². The Labute approximate surface area is 190 Å². The molecule has 2 N–H and O–H groups in total. The predicted octanol–water partition coefficient (Wildman–Crippen LogP) is 3.61. The first-order valence-electron chi connectivity index (χ1n) is 11.1. The van der Waals surface area contributed by atoms with Crippen LogP contribution in [0.5, 0.6) is 0 Å². The summed E-state index contributed by atoms with van der Waals surface area (Å²) in [5.41, 5.74) is 7.56. The monoisotopic (exact) mass is 453 g/mol. The number of nitrogens with zero attached hydrogens (tertiary/aromatic N) is 4. The van der Waals surface area contributed by atoms with Gasteiger partial charge in [0, 0.05) is 41.4 Å². The Morgan fingerprint density at radius 2 is 2.03 bits per heavy atom. The minimum absolute atomic E-state index is 0.00130. The number of hydrogen-bond acceptors (Lipinski definition) is 6. The molecule has 168 valence electrons. The Morgan fingerprint density at radius 1 is 1.22 bits per heavy atom. The lowest BCUT2D eigenvalue weighted by atomic mass is 9.81. The average Bonchev–Trinajstić information content (AvgIpc) is 3.52. The van der Waals surface area contributed by atoms with Gasteiger partial charge in [-0.15, -0.1) is 11.3 Å². The Hall–Kier alpha value is -2.78. The zero-order valence-electron chi connectivity index (χ0n) is 18.1. The lowest BCUT2D eigenvalue weighted by Gasteiger charge is -2.31. The summed E-state index contributed by atoms with van der Waals surface area (Å²) in [6.07, 6.45) is 6.49. The second-order valence-electron chi connectivity index (χ2n) is 8.80. The van der Waals surface area contributed by atoms with Gasteiger partial charge in [0.25, 0.3) is 0 Å². The van der Waals surface area contributed by atoms with Crippen LogP contribution in [0.4, 0.5) is 0 Å². The van der Waals surface area contributed by atoms with E-state index in [2.05, 4.69) is 10.1 Å². The lowest BCUT2D eigenvalue weighted by Crippen LogP contribution is -2.37. The van der Waals surface area contributed by atoms with E-state index >= 15 is 0 Å². The Balaban J connectivity index is 1.19. The number of primary amides is 1. The van der Waals surface area contributed by atoms with E-state index in [0.717, 1.165) is 60.3 Å². The third-order valence-electron chi connectivity index (χ3n) is 6.58. The van der Waals surface area contributed by atoms with Crippen LogP contribution in [0.2, 0.25) is 0 Å². The van der Waals surface area contributed by atoms with Gasteiger partial charge in [0.15, 0.2) is 0 Å². The summed E-state index contributed by atoms with van der Waals surface area (Å²) in [6.45, 7) is 3.35. The van der Waals surface area contributed by atoms with Crippen molar-refractivity contribution in [3.05, 3.63) is 46.0 Å². The maximum Gasteiger partial charge on any atom is 0.249 e. The second-order valence-corrected chi connectivity index (χ2v) is 9.86. The van der Waals surface area contributed by atoms with E-state index < -0.39 is 5.91 Å². The third-order valence-corrected chi connectivity index (χ3v) is 7.37. The molecule has 2 amide bonds. The van der Waals surface area contributed by atoms with Crippen molar-refractivity contribution in [3.63, 3.8) is 0 Å². The minimum atomic E-state index is -0.446. The van der Waals surface area contributed by atoms with Gasteiger partial charge in [-0.2, -0.15) is 5.10 Å². The molecule has 2 aromatic heterocycles. The Bertz CT molecular complexity index is 1150. The Morgan fingerprint density at radius 3 is 2.75 bits per heavy atom. The van der Waals surface area contributed by atoms with Gasteiger partial charge in [0.05, 0.1) is 22.8 Å². The molecule has 1 aliphatic carbocycles. The topological polar surface area (TPSA) is 103 Å². The van der Waals surface area contributed by atoms with Crippen LogP contribution in [-0.2, 0) is 16.2 Å². The fourth-order valence-corrected chi connectivity index (χ4v) is 5.50. The molecule has 1 saturated carbocycles. The van der Waals surface area contributed by atoms with Crippen LogP contribution in [0.1, 0.15) is 59.2 Å². The summed E-state index contributed by atoms with van der Waals surface area (Å²) in [4.78, 5) is 34.9. The number of hydrogen-bond donors (Lipinski definition) is 1. The summed E-state index contributed by atoms with van der Waals surface area (Å²) in [5, 5.41) is 10.3. The van der Waals surface area contributed by atoms with Crippen LogP contribution >= 0.6 is 11.3 Å². The number of fused-ring (bicyclic) bond motifs is 1. The van der Waals surface area contributed by atoms with E-state index in [9.17, 15) is 9.59 Å². The molecule has 0 radical (unpaired) electrons. The molecule has 0 spiro atoms. The highest BCUT2D eigenvalue weighted by Gasteiger charge is 2.38. The molecule has 32 heavy (non-hydrogen) atoms. The average molecular weight is 454 g/mol. The van der Waals surface area contributed by atoms with Crippen LogP contribution in [0.25, 0.3) is 10.9 Å². The fourth-order valence-electron chi connectivity index (χ4n) is 4.84. The molecule has 2 fully saturated rings. The quantitative estimate of drug-likeness (QED) is 0.636. The number of aryl methyl sites for hydroxylation is 1. The number of thiazole rings is 1. The number of carbonyl (C=O) groups excluding carboxylic acids is 2. The molecule has 1 aromatic carbocycles. The molecule has 8 nitrogen and oxygen atoms in total. The largest absolute Gasteiger partial charge is 0.366 e. The lowest BCUT2D eigenvalue weighted by molar-refractivity contribution is -0.183. The van der Waals surface area contributed by atoms with Gasteiger partial charge < -0.3 is 5.73 Å². The molecular weight excluding hydrogens is 426 g/mol. The maximum atomic E-state index is 13.2. The highest BCUT2D eigenvalue weighted by Crippen LogP contribution is 2.36. The van der Waals surface area contributed by atoms with Crippen molar-refractivity contribution < 1.29 is 14.4 Å². The SMILES string of the molecule is Cc1nc([C@@H]2CCON2C(=O)C2CCC(Cn3cc4ccc(C(N)=O)cc4n3)CC2)cs1. The number of amides is 2. The summed E-state index contributed by atoms with van der Waals surface area (Å²) >= 11 is 1.61. The first-order chi connectivity index (χ1) is 15.5. The van der Waals surface area contributed by atoms with Crippen LogP contribution in [0, 0.1) is 18.8 Å². The van der Waals surface area contributed by atoms with Crippen molar-refractivity contribution in [1.29, 1.82) is 0 Å². The summed E-state index contributed by atoms with van der Waals surface area (Å²) < 4.78 is 1.95. The van der Waals surface area contributed by atoms with Gasteiger partial charge in [-0.05, 0) is 50.7 Å². The molecule has 5 rings (SSSR count). The van der Waals surface area contributed by atoms with Crippen LogP contribution < -0.4 is 5.73 Å². The van der Waals surface area contributed by atoms with E-state index in [1.165, 1.54) is 0 Å². The van der Waals surface area contributed by atoms with Crippen LogP contribution in [0.3, 0.4) is 0 Å². The molecule has 2 aliphatic rings. The summed E-state index contributed by atoms with van der Waals surface area (Å²) in [7, 11) is 0. The van der Waals surface area contributed by atoms with E-state index in [0.29, 0.717) is 18.1 Å². The normalized spacial score (nSPS) is 23.7. The van der Waals surface area contributed by atoms with Gasteiger partial charge in [-0.25, -0.2) is 10.0 Å². The number of nitrogens with two attached hydrogens (primary N) is 1. The molecular formula is C23H27N5O3S. The molecule has 9 heteroatoms. The standard InChI is InChI=1S/C23H27N5O3S/c1-14-25-20(13-32-14)21-8-9-31-28(21)23(30)16-4-2-15(3-5-16)11-27-12-18-7-6-17(22(24)29)10-19(18)26-27/h6-7,10,12-13,15-16,21H,2-5,8-9,11H2,1H3,(H2,24,29)/t15?,16?,21-/m0/s1. The first-order valence-corrected chi connectivity index (χ1v) is 12.0. The van der Waals surface area contributed by atoms with Crippen LogP contribution in [-0.4, -0.2) is 38.2 Å². The van der Waals surface area contributed by atoms with Crippen molar-refractivity contribution in [2.75, 3.05) is 6.61 Å². The van der Waals surface area contributed by atoms with Crippen molar-refractivity contribution in [1.82, 2.24) is 19.8 Å². The minimum Gasteiger partial charge on any atom is -0.366 e. The number of benzene rings is 1. The highest BCUT2D eigenvalue weighted by atomic mass is 32.1. The van der Waals surface area contributed by atoms with Crippen molar-refractivity contribution in [2.24, 2.45) is 17.6 Å². The van der Waals surface area contributed by atoms with Gasteiger partial charge in [-0.3, -0.25) is 19.1 Å². The maximum absolute atomic E-state index is 13.2. The summed E-state index contributed by atoms with van der Waals surface area (Å²) in [6, 6.07) is 5.28. The molecule has 1 atom stereocenters. The van der Waals surface area contributed by atoms with Crippen molar-refractivity contribution in [2.45, 2.75) is 51.6 Å². The number of hydroxylamine groups is 2. The first kappa shape index (κ1) is 21.1. The summed E-state index contributed by atoms with van der Waals surface area (Å²) in [5.74, 6) is 0.126. The highest BCUT2D eigenvalue weighted by molar-refractivity contribution is 7.09. The molecule has 0 unspecified atom stereocenters. The molecule has 0 bridgehead atoms. The molecule has 1 saturated heterocycles. The van der Waals surface area contributed by atoms with Gasteiger partial charge in [-0.1, -0.05) is 6.07 Å². The third kappa shape index (κ3) is 4.14. The second kappa shape index (κ2) is 8.63. The smallest absolute Gasteiger partial charge is 0.249 e. The zero-order valence-corrected chi connectivity index (χ0v) is 18.9. The van der Waals surface area contributed by atoms with Gasteiger partial charge >= 0.3 is 0 Å². The predicted molar refractivity (Wildman–Crippen MR) is 121 cm³/mol. The zero-order chi connectivity index (χ0) is 22.2. The van der Waals surface area contributed by atoms with Gasteiger partial charge in [0.1, 0.15) is 6.04 Å². The van der Waals surface area contributed by atoms with E-state index in [1.807, 2.05) is 29.2 Å². The van der Waals surface area contributed by atoms with Crippen molar-refractivity contribution >= 4 is 34.1 Å². The number of carbonyl (C=O) groups is 2. The molecule has 3 heterocycles. The van der Waals surface area contributed by atoms with E-state index in [4.69, 9.17) is 10.6 Å². The fraction of sp³-hybridized carbons (Fsp3) is 0.478. The Kier molecular flexibility index (Phi) is 5.69. The van der Waals surface area contributed by atoms with Crippen molar-refractivity contribution in [3.8, 4) is 0 Å².